The largest absolute Gasteiger partial charge is 0.573 e. The Hall–Kier alpha value is -3.49. The SMILES string of the molecule is O=C(O)c1c[nH]c2ccc(NCc3ccc(OC(F)(F)F)cc3)cc2c1=O. The van der Waals surface area contributed by atoms with Gasteiger partial charge in [0.05, 0.1) is 0 Å². The van der Waals surface area contributed by atoms with Crippen LogP contribution in [0.1, 0.15) is 15.9 Å². The molecule has 9 heteroatoms. The number of carboxylic acids is 1. The average Bonchev–Trinajstić information content (AvgIpc) is 2.60. The summed E-state index contributed by atoms with van der Waals surface area (Å²) in [7, 11) is 0. The zero-order valence-corrected chi connectivity index (χ0v) is 13.6. The number of benzene rings is 2. The molecule has 3 N–H and O–H groups in total. The number of hydrogen-bond acceptors (Lipinski definition) is 4. The molecule has 2 aromatic carbocycles. The summed E-state index contributed by atoms with van der Waals surface area (Å²) in [6, 6.07) is 10.2. The maximum atomic E-state index is 12.2. The van der Waals surface area contributed by atoms with Crippen LogP contribution in [-0.4, -0.2) is 22.4 Å². The van der Waals surface area contributed by atoms with E-state index in [0.717, 1.165) is 6.20 Å². The smallest absolute Gasteiger partial charge is 0.477 e. The fourth-order valence-electron chi connectivity index (χ4n) is 2.50. The average molecular weight is 378 g/mol. The molecule has 0 saturated heterocycles. The van der Waals surface area contributed by atoms with Gasteiger partial charge in [-0.2, -0.15) is 0 Å². The van der Waals surface area contributed by atoms with Gasteiger partial charge in [0, 0.05) is 29.3 Å². The number of carbonyl (C=O) groups is 1. The van der Waals surface area contributed by atoms with E-state index in [1.807, 2.05) is 0 Å². The van der Waals surface area contributed by atoms with Crippen molar-refractivity contribution in [2.24, 2.45) is 0 Å². The summed E-state index contributed by atoms with van der Waals surface area (Å²) < 4.78 is 40.3. The van der Waals surface area contributed by atoms with E-state index >= 15 is 0 Å². The molecule has 1 aromatic heterocycles. The summed E-state index contributed by atoms with van der Waals surface area (Å²) >= 11 is 0. The zero-order chi connectivity index (χ0) is 19.6. The number of pyridine rings is 1. The number of aromatic nitrogens is 1. The summed E-state index contributed by atoms with van der Waals surface area (Å²) in [5.74, 6) is -1.64. The third-order valence-electron chi connectivity index (χ3n) is 3.76. The third-order valence-corrected chi connectivity index (χ3v) is 3.76. The molecule has 0 amide bonds. The Morgan fingerprint density at radius 1 is 1.15 bits per heavy atom. The fraction of sp³-hybridized carbons (Fsp3) is 0.111. The second-order valence-electron chi connectivity index (χ2n) is 5.64. The molecule has 140 valence electrons. The Labute approximate surface area is 150 Å². The number of aromatic carboxylic acids is 1. The molecule has 3 rings (SSSR count). The maximum absolute atomic E-state index is 12.2. The molecule has 0 saturated carbocycles. The fourth-order valence-corrected chi connectivity index (χ4v) is 2.50. The second-order valence-corrected chi connectivity index (χ2v) is 5.64. The van der Waals surface area contributed by atoms with E-state index in [4.69, 9.17) is 5.11 Å². The number of ether oxygens (including phenoxy) is 1. The van der Waals surface area contributed by atoms with Gasteiger partial charge in [-0.05, 0) is 35.9 Å². The molecule has 0 radical (unpaired) electrons. The zero-order valence-electron chi connectivity index (χ0n) is 13.6. The van der Waals surface area contributed by atoms with Crippen molar-refractivity contribution in [3.8, 4) is 5.75 Å². The molecular formula is C18H13F3N2O4. The summed E-state index contributed by atoms with van der Waals surface area (Å²) in [5.41, 5.74) is 0.779. The molecule has 0 aliphatic heterocycles. The van der Waals surface area contributed by atoms with Crippen LogP contribution in [0.15, 0.2) is 53.5 Å². The number of aromatic amines is 1. The van der Waals surface area contributed by atoms with Gasteiger partial charge in [-0.15, -0.1) is 13.2 Å². The summed E-state index contributed by atoms with van der Waals surface area (Å²) in [5, 5.41) is 12.3. The predicted octanol–water partition coefficient (Wildman–Crippen LogP) is 3.74. The normalized spacial score (nSPS) is 11.4. The number of hydrogen-bond donors (Lipinski definition) is 3. The Morgan fingerprint density at radius 3 is 2.48 bits per heavy atom. The number of carboxylic acid groups (broad SMARTS) is 1. The van der Waals surface area contributed by atoms with Crippen molar-refractivity contribution < 1.29 is 27.8 Å². The van der Waals surface area contributed by atoms with E-state index in [0.29, 0.717) is 16.8 Å². The van der Waals surface area contributed by atoms with Crippen molar-refractivity contribution in [3.63, 3.8) is 0 Å². The quantitative estimate of drug-likeness (QED) is 0.629. The monoisotopic (exact) mass is 378 g/mol. The van der Waals surface area contributed by atoms with Crippen LogP contribution in [0.3, 0.4) is 0 Å². The van der Waals surface area contributed by atoms with Crippen LogP contribution in [0.5, 0.6) is 5.75 Å². The molecule has 3 aromatic rings. The Kier molecular flexibility index (Phi) is 4.76. The number of halogens is 3. The van der Waals surface area contributed by atoms with Gasteiger partial charge in [-0.1, -0.05) is 12.1 Å². The van der Waals surface area contributed by atoms with Crippen LogP contribution >= 0.6 is 0 Å². The number of alkyl halides is 3. The van der Waals surface area contributed by atoms with Gasteiger partial charge in [-0.3, -0.25) is 4.79 Å². The minimum absolute atomic E-state index is 0.217. The summed E-state index contributed by atoms with van der Waals surface area (Å²) in [6.45, 7) is 0.286. The van der Waals surface area contributed by atoms with Gasteiger partial charge in [0.15, 0.2) is 0 Å². The minimum atomic E-state index is -4.74. The molecule has 0 spiro atoms. The molecule has 6 nitrogen and oxygen atoms in total. The van der Waals surface area contributed by atoms with E-state index in [9.17, 15) is 22.8 Å². The summed E-state index contributed by atoms with van der Waals surface area (Å²) in [4.78, 5) is 26.0. The number of fused-ring (bicyclic) bond motifs is 1. The Balaban J connectivity index is 1.76. The first-order valence-corrected chi connectivity index (χ1v) is 7.70. The lowest BCUT2D eigenvalue weighted by Crippen LogP contribution is -2.17. The van der Waals surface area contributed by atoms with Crippen LogP contribution in [0.25, 0.3) is 10.9 Å². The first kappa shape index (κ1) is 18.3. The first-order chi connectivity index (χ1) is 12.7. The van der Waals surface area contributed by atoms with Crippen molar-refractivity contribution in [1.29, 1.82) is 0 Å². The number of H-pyrrole nitrogens is 1. The van der Waals surface area contributed by atoms with Crippen molar-refractivity contribution in [2.75, 3.05) is 5.32 Å². The van der Waals surface area contributed by atoms with Gasteiger partial charge >= 0.3 is 12.3 Å². The van der Waals surface area contributed by atoms with Gasteiger partial charge < -0.3 is 20.1 Å². The molecule has 0 aliphatic carbocycles. The molecule has 0 unspecified atom stereocenters. The van der Waals surface area contributed by atoms with Crippen LogP contribution < -0.4 is 15.5 Å². The standard InChI is InChI=1S/C18H13F3N2O4/c19-18(20,21)27-12-4-1-10(2-5-12)8-22-11-3-6-15-13(7-11)16(24)14(9-23-15)17(25)26/h1-7,9,22H,8H2,(H,23,24)(H,25,26). The van der Waals surface area contributed by atoms with E-state index < -0.39 is 17.8 Å². The van der Waals surface area contributed by atoms with Crippen LogP contribution in [0.4, 0.5) is 18.9 Å². The lowest BCUT2D eigenvalue weighted by molar-refractivity contribution is -0.274. The van der Waals surface area contributed by atoms with Gasteiger partial charge in [0.25, 0.3) is 0 Å². The number of rotatable bonds is 5. The van der Waals surface area contributed by atoms with Gasteiger partial charge in [0.1, 0.15) is 11.3 Å². The molecule has 0 aliphatic rings. The van der Waals surface area contributed by atoms with Crippen LogP contribution in [0.2, 0.25) is 0 Å². The molecule has 0 fully saturated rings. The highest BCUT2D eigenvalue weighted by atomic mass is 19.4. The van der Waals surface area contributed by atoms with E-state index in [-0.39, 0.29) is 23.2 Å². The van der Waals surface area contributed by atoms with Gasteiger partial charge in [-0.25, -0.2) is 4.79 Å². The molecule has 0 atom stereocenters. The van der Waals surface area contributed by atoms with Crippen LogP contribution in [0, 0.1) is 0 Å². The molecule has 0 bridgehead atoms. The third kappa shape index (κ3) is 4.38. The number of nitrogens with one attached hydrogen (secondary N) is 2. The maximum Gasteiger partial charge on any atom is 0.573 e. The van der Waals surface area contributed by atoms with E-state index in [2.05, 4.69) is 15.0 Å². The molecule has 1 heterocycles. The van der Waals surface area contributed by atoms with Crippen molar-refractivity contribution in [2.45, 2.75) is 12.9 Å². The summed E-state index contributed by atoms with van der Waals surface area (Å²) in [6.07, 6.45) is -3.60. The molecule has 27 heavy (non-hydrogen) atoms. The minimum Gasteiger partial charge on any atom is -0.477 e. The Morgan fingerprint density at radius 2 is 1.85 bits per heavy atom. The number of anilines is 1. The molecular weight excluding hydrogens is 365 g/mol. The highest BCUT2D eigenvalue weighted by Crippen LogP contribution is 2.23. The highest BCUT2D eigenvalue weighted by Gasteiger charge is 2.30. The van der Waals surface area contributed by atoms with E-state index in [1.165, 1.54) is 30.3 Å². The highest BCUT2D eigenvalue weighted by molar-refractivity contribution is 5.93. The lowest BCUT2D eigenvalue weighted by atomic mass is 10.1. The van der Waals surface area contributed by atoms with Gasteiger partial charge in [0.2, 0.25) is 5.43 Å². The first-order valence-electron chi connectivity index (χ1n) is 7.70. The van der Waals surface area contributed by atoms with Crippen molar-refractivity contribution in [1.82, 2.24) is 4.98 Å². The van der Waals surface area contributed by atoms with Crippen molar-refractivity contribution in [3.05, 3.63) is 70.0 Å². The predicted molar refractivity (Wildman–Crippen MR) is 92.0 cm³/mol. The van der Waals surface area contributed by atoms with E-state index in [1.54, 1.807) is 12.1 Å². The van der Waals surface area contributed by atoms with Crippen molar-refractivity contribution >= 4 is 22.6 Å². The topological polar surface area (TPSA) is 91.4 Å². The lowest BCUT2D eigenvalue weighted by Gasteiger charge is -2.10. The van der Waals surface area contributed by atoms with Crippen LogP contribution in [-0.2, 0) is 6.54 Å². The second kappa shape index (κ2) is 7.02. The Bertz CT molecular complexity index is 1040.